The van der Waals surface area contributed by atoms with Crippen LogP contribution in [0.15, 0.2) is 12.2 Å². The van der Waals surface area contributed by atoms with Crippen molar-refractivity contribution in [1.82, 2.24) is 0 Å². The summed E-state index contributed by atoms with van der Waals surface area (Å²) >= 11 is 1.43. The van der Waals surface area contributed by atoms with Gasteiger partial charge in [0.2, 0.25) is 5.91 Å². The van der Waals surface area contributed by atoms with E-state index in [4.69, 9.17) is 5.11 Å². The summed E-state index contributed by atoms with van der Waals surface area (Å²) in [6.07, 6.45) is 5.74. The van der Waals surface area contributed by atoms with E-state index in [0.29, 0.717) is 16.5 Å². The molecule has 1 aliphatic rings. The smallest absolute Gasteiger partial charge is 0.328 e. The average Bonchev–Trinajstić information content (AvgIpc) is 2.80. The molecule has 1 amide bonds. The van der Waals surface area contributed by atoms with Crippen molar-refractivity contribution in [2.45, 2.75) is 32.6 Å². The molecule has 0 saturated carbocycles. The van der Waals surface area contributed by atoms with Gasteiger partial charge in [-0.2, -0.15) is 5.26 Å². The van der Waals surface area contributed by atoms with Crippen molar-refractivity contribution in [3.05, 3.63) is 28.2 Å². The number of hydrogen-bond donors (Lipinski definition) is 2. The summed E-state index contributed by atoms with van der Waals surface area (Å²) in [4.78, 5) is 23.2. The molecule has 0 radical (unpaired) electrons. The number of carboxylic acid groups (broad SMARTS) is 1. The van der Waals surface area contributed by atoms with Gasteiger partial charge in [0.1, 0.15) is 11.1 Å². The minimum atomic E-state index is -1.18. The van der Waals surface area contributed by atoms with Gasteiger partial charge in [-0.15, -0.1) is 11.3 Å². The Morgan fingerprint density at radius 3 is 2.90 bits per heavy atom. The highest BCUT2D eigenvalue weighted by Gasteiger charge is 2.25. The minimum Gasteiger partial charge on any atom is -0.478 e. The highest BCUT2D eigenvalue weighted by atomic mass is 32.1. The lowest BCUT2D eigenvalue weighted by Crippen LogP contribution is -2.12. The van der Waals surface area contributed by atoms with Crippen LogP contribution in [0.3, 0.4) is 0 Å². The third-order valence-electron chi connectivity index (χ3n) is 3.67. The number of carbonyl (C=O) groups is 2. The van der Waals surface area contributed by atoms with Gasteiger partial charge in [0, 0.05) is 17.0 Å². The predicted molar refractivity (Wildman–Crippen MR) is 80.2 cm³/mol. The first-order valence-corrected chi connectivity index (χ1v) is 7.63. The highest BCUT2D eigenvalue weighted by molar-refractivity contribution is 7.16. The largest absolute Gasteiger partial charge is 0.478 e. The van der Waals surface area contributed by atoms with Crippen molar-refractivity contribution in [3.63, 3.8) is 0 Å². The maximum Gasteiger partial charge on any atom is 0.328 e. The van der Waals surface area contributed by atoms with Gasteiger partial charge >= 0.3 is 5.97 Å². The molecule has 2 rings (SSSR count). The van der Waals surface area contributed by atoms with Crippen molar-refractivity contribution in [1.29, 1.82) is 5.26 Å². The molecule has 0 spiro atoms. The first kappa shape index (κ1) is 15.3. The fraction of sp³-hybridized carbons (Fsp3) is 0.400. The number of carboxylic acids is 1. The van der Waals surface area contributed by atoms with E-state index in [2.05, 4.69) is 18.3 Å². The molecule has 0 saturated heterocycles. The van der Waals surface area contributed by atoms with E-state index in [1.165, 1.54) is 16.2 Å². The van der Waals surface area contributed by atoms with E-state index < -0.39 is 11.9 Å². The third-order valence-corrected chi connectivity index (χ3v) is 4.84. The molecule has 0 bridgehead atoms. The standard InChI is InChI=1S/C15H16N2O3S/c1-2-9-3-4-10-11(8-16)15(21-12(10)7-9)17-13(18)5-6-14(19)20/h5-6,9H,2-4,7H2,1H3,(H,17,18)(H,19,20)/b6-5+/t9-/m1/s1. The van der Waals surface area contributed by atoms with Crippen LogP contribution in [0.4, 0.5) is 5.00 Å². The van der Waals surface area contributed by atoms with Crippen LogP contribution < -0.4 is 5.32 Å². The van der Waals surface area contributed by atoms with E-state index in [9.17, 15) is 14.9 Å². The van der Waals surface area contributed by atoms with Gasteiger partial charge in [-0.1, -0.05) is 13.3 Å². The van der Waals surface area contributed by atoms with E-state index >= 15 is 0 Å². The van der Waals surface area contributed by atoms with Gasteiger partial charge in [-0.25, -0.2) is 4.79 Å². The molecular formula is C15H16N2O3S. The summed E-state index contributed by atoms with van der Waals surface area (Å²) in [5.41, 5.74) is 1.58. The average molecular weight is 304 g/mol. The molecule has 0 fully saturated rings. The van der Waals surface area contributed by atoms with Crippen LogP contribution in [-0.2, 0) is 22.4 Å². The zero-order chi connectivity index (χ0) is 15.4. The number of nitriles is 1. The zero-order valence-corrected chi connectivity index (χ0v) is 12.5. The minimum absolute atomic E-state index is 0.527. The Morgan fingerprint density at radius 1 is 1.52 bits per heavy atom. The van der Waals surface area contributed by atoms with Gasteiger partial charge < -0.3 is 10.4 Å². The molecule has 21 heavy (non-hydrogen) atoms. The Labute approximate surface area is 126 Å². The second-order valence-electron chi connectivity index (χ2n) is 5.00. The lowest BCUT2D eigenvalue weighted by Gasteiger charge is -2.20. The Balaban J connectivity index is 2.22. The topological polar surface area (TPSA) is 90.2 Å². The molecule has 1 heterocycles. The molecular weight excluding hydrogens is 288 g/mol. The summed E-state index contributed by atoms with van der Waals surface area (Å²) in [6, 6.07) is 2.16. The van der Waals surface area contributed by atoms with E-state index in [-0.39, 0.29) is 0 Å². The number of nitrogens with zero attached hydrogens (tertiary/aromatic N) is 1. The maximum atomic E-state index is 11.7. The van der Waals surface area contributed by atoms with Crippen LogP contribution in [0.1, 0.15) is 35.8 Å². The van der Waals surface area contributed by atoms with Gasteiger partial charge in [0.05, 0.1) is 5.56 Å². The van der Waals surface area contributed by atoms with E-state index in [1.54, 1.807) is 0 Å². The molecule has 1 atom stereocenters. The molecule has 5 nitrogen and oxygen atoms in total. The SMILES string of the molecule is CC[C@@H]1CCc2c(sc(NC(=O)/C=C/C(=O)O)c2C#N)C1. The second-order valence-corrected chi connectivity index (χ2v) is 6.10. The Hall–Kier alpha value is -2.13. The Kier molecular flexibility index (Phi) is 4.76. The van der Waals surface area contributed by atoms with Crippen molar-refractivity contribution in [3.8, 4) is 6.07 Å². The van der Waals surface area contributed by atoms with Crippen molar-refractivity contribution < 1.29 is 14.7 Å². The number of aliphatic carboxylic acids is 1. The third kappa shape index (κ3) is 3.50. The second kappa shape index (κ2) is 6.55. The number of thiophene rings is 1. The summed E-state index contributed by atoms with van der Waals surface area (Å²) < 4.78 is 0. The lowest BCUT2D eigenvalue weighted by molar-refractivity contribution is -0.131. The van der Waals surface area contributed by atoms with Gasteiger partial charge in [-0.3, -0.25) is 4.79 Å². The molecule has 1 aromatic rings. The fourth-order valence-corrected chi connectivity index (χ4v) is 3.82. The zero-order valence-electron chi connectivity index (χ0n) is 11.7. The van der Waals surface area contributed by atoms with Crippen LogP contribution >= 0.6 is 11.3 Å². The van der Waals surface area contributed by atoms with Crippen molar-refractivity contribution in [2.24, 2.45) is 5.92 Å². The van der Waals surface area contributed by atoms with E-state index in [0.717, 1.165) is 43.4 Å². The Morgan fingerprint density at radius 2 is 2.29 bits per heavy atom. The molecule has 1 aromatic heterocycles. The number of rotatable bonds is 4. The summed E-state index contributed by atoms with van der Waals surface area (Å²) in [6.45, 7) is 2.16. The predicted octanol–water partition coefficient (Wildman–Crippen LogP) is 2.71. The molecule has 0 aliphatic heterocycles. The fourth-order valence-electron chi connectivity index (χ4n) is 2.51. The molecule has 6 heteroatoms. The highest BCUT2D eigenvalue weighted by Crippen LogP contribution is 2.39. The molecule has 0 unspecified atom stereocenters. The molecule has 0 aromatic carbocycles. The summed E-state index contributed by atoms with van der Waals surface area (Å²) in [5, 5.41) is 21.0. The number of fused-ring (bicyclic) bond motifs is 1. The van der Waals surface area contributed by atoms with Crippen LogP contribution in [0.2, 0.25) is 0 Å². The number of nitrogens with one attached hydrogen (secondary N) is 1. The molecule has 2 N–H and O–H groups in total. The summed E-state index contributed by atoms with van der Waals surface area (Å²) in [5.74, 6) is -1.07. The number of anilines is 1. The van der Waals surface area contributed by atoms with Gasteiger partial charge in [-0.05, 0) is 30.7 Å². The molecule has 1 aliphatic carbocycles. The Bertz CT molecular complexity index is 640. The first-order chi connectivity index (χ1) is 10.0. The van der Waals surface area contributed by atoms with Crippen LogP contribution in [0.5, 0.6) is 0 Å². The monoisotopic (exact) mass is 304 g/mol. The molecule has 110 valence electrons. The number of amides is 1. The van der Waals surface area contributed by atoms with Crippen molar-refractivity contribution in [2.75, 3.05) is 5.32 Å². The van der Waals surface area contributed by atoms with Crippen molar-refractivity contribution >= 4 is 28.2 Å². The van der Waals surface area contributed by atoms with Crippen LogP contribution in [0.25, 0.3) is 0 Å². The summed E-state index contributed by atoms with van der Waals surface area (Å²) in [7, 11) is 0. The lowest BCUT2D eigenvalue weighted by atomic mass is 9.86. The first-order valence-electron chi connectivity index (χ1n) is 6.81. The number of hydrogen-bond acceptors (Lipinski definition) is 4. The van der Waals surface area contributed by atoms with E-state index in [1.807, 2.05) is 0 Å². The normalized spacial score (nSPS) is 17.2. The maximum absolute atomic E-state index is 11.7. The van der Waals surface area contributed by atoms with Crippen LogP contribution in [-0.4, -0.2) is 17.0 Å². The quantitative estimate of drug-likeness (QED) is 0.837. The number of carbonyl (C=O) groups excluding carboxylic acids is 1. The van der Waals surface area contributed by atoms with Crippen LogP contribution in [0, 0.1) is 17.2 Å². The van der Waals surface area contributed by atoms with Gasteiger partial charge in [0.25, 0.3) is 0 Å². The van der Waals surface area contributed by atoms with Gasteiger partial charge in [0.15, 0.2) is 0 Å².